The van der Waals surface area contributed by atoms with Gasteiger partial charge in [0, 0.05) is 18.8 Å². The molecule has 1 heterocycles. The van der Waals surface area contributed by atoms with Gasteiger partial charge in [-0.05, 0) is 52.9 Å². The number of hydrogen-bond donors (Lipinski definition) is 0. The lowest BCUT2D eigenvalue weighted by molar-refractivity contribution is -0.129. The van der Waals surface area contributed by atoms with Crippen LogP contribution in [0.5, 0.6) is 0 Å². The molecule has 1 aromatic carbocycles. The molecule has 0 bridgehead atoms. The second-order valence-electron chi connectivity index (χ2n) is 4.68. The molecule has 0 N–H and O–H groups in total. The van der Waals surface area contributed by atoms with E-state index in [4.69, 9.17) is 0 Å². The maximum Gasteiger partial charge on any atom is 0.232 e. The van der Waals surface area contributed by atoms with E-state index < -0.39 is 0 Å². The highest BCUT2D eigenvalue weighted by Crippen LogP contribution is 2.20. The van der Waals surface area contributed by atoms with E-state index in [2.05, 4.69) is 15.9 Å². The van der Waals surface area contributed by atoms with Gasteiger partial charge in [-0.25, -0.2) is 4.39 Å². The van der Waals surface area contributed by atoms with Gasteiger partial charge in [-0.2, -0.15) is 0 Å². The number of halogens is 2. The van der Waals surface area contributed by atoms with Gasteiger partial charge in [0.05, 0.1) is 10.2 Å². The molecule has 1 fully saturated rings. The highest BCUT2D eigenvalue weighted by molar-refractivity contribution is 9.10. The molecule has 1 aliphatic rings. The van der Waals surface area contributed by atoms with E-state index in [0.717, 1.165) is 37.2 Å². The second kappa shape index (κ2) is 7.29. The Kier molecular flexibility index (Phi) is 5.70. The average molecular weight is 346 g/mol. The summed E-state index contributed by atoms with van der Waals surface area (Å²) in [5.74, 6) is 1.22. The minimum Gasteiger partial charge on any atom is -0.342 e. The SMILES string of the molecule is O=C(CSCc1ccc(F)c(Br)c1)N1CCCCC1. The zero-order valence-electron chi connectivity index (χ0n) is 10.7. The van der Waals surface area contributed by atoms with Gasteiger partial charge in [-0.1, -0.05) is 6.07 Å². The monoisotopic (exact) mass is 345 g/mol. The van der Waals surface area contributed by atoms with Crippen molar-refractivity contribution in [1.82, 2.24) is 4.90 Å². The molecule has 0 radical (unpaired) electrons. The first-order valence-electron chi connectivity index (χ1n) is 6.46. The fraction of sp³-hybridized carbons (Fsp3) is 0.500. The van der Waals surface area contributed by atoms with Crippen LogP contribution in [0.4, 0.5) is 4.39 Å². The summed E-state index contributed by atoms with van der Waals surface area (Å²) in [7, 11) is 0. The van der Waals surface area contributed by atoms with Gasteiger partial charge in [-0.3, -0.25) is 4.79 Å². The standard InChI is InChI=1S/C14H17BrFNOS/c15-12-8-11(4-5-13(12)16)9-19-10-14(18)17-6-2-1-3-7-17/h4-5,8H,1-3,6-7,9-10H2. The van der Waals surface area contributed by atoms with Crippen LogP contribution in [0.25, 0.3) is 0 Å². The number of rotatable bonds is 4. The fourth-order valence-electron chi connectivity index (χ4n) is 2.12. The Morgan fingerprint density at radius 3 is 2.74 bits per heavy atom. The van der Waals surface area contributed by atoms with E-state index in [1.165, 1.54) is 12.5 Å². The van der Waals surface area contributed by atoms with Crippen LogP contribution in [0.2, 0.25) is 0 Å². The first-order valence-corrected chi connectivity index (χ1v) is 8.41. The summed E-state index contributed by atoms with van der Waals surface area (Å²) >= 11 is 4.76. The number of thioether (sulfide) groups is 1. The molecular weight excluding hydrogens is 329 g/mol. The van der Waals surface area contributed by atoms with Crippen molar-refractivity contribution >= 4 is 33.6 Å². The van der Waals surface area contributed by atoms with E-state index >= 15 is 0 Å². The number of amides is 1. The van der Waals surface area contributed by atoms with Gasteiger partial charge in [0.2, 0.25) is 5.91 Å². The third kappa shape index (κ3) is 4.49. The van der Waals surface area contributed by atoms with Gasteiger partial charge in [0.25, 0.3) is 0 Å². The van der Waals surface area contributed by atoms with E-state index in [9.17, 15) is 9.18 Å². The number of nitrogens with zero attached hydrogens (tertiary/aromatic N) is 1. The first kappa shape index (κ1) is 14.9. The third-order valence-corrected chi connectivity index (χ3v) is 4.78. The molecule has 0 spiro atoms. The second-order valence-corrected chi connectivity index (χ2v) is 6.52. The van der Waals surface area contributed by atoms with Crippen molar-refractivity contribution < 1.29 is 9.18 Å². The molecule has 19 heavy (non-hydrogen) atoms. The minimum absolute atomic E-state index is 0.228. The van der Waals surface area contributed by atoms with Gasteiger partial charge in [0.1, 0.15) is 5.82 Å². The Bertz CT molecular complexity index is 449. The predicted molar refractivity (Wildman–Crippen MR) is 80.7 cm³/mol. The number of piperidine rings is 1. The summed E-state index contributed by atoms with van der Waals surface area (Å²) < 4.78 is 13.6. The molecule has 1 amide bonds. The lowest BCUT2D eigenvalue weighted by Gasteiger charge is -2.26. The van der Waals surface area contributed by atoms with Crippen molar-refractivity contribution in [3.63, 3.8) is 0 Å². The number of carbonyl (C=O) groups excluding carboxylic acids is 1. The highest BCUT2D eigenvalue weighted by atomic mass is 79.9. The van der Waals surface area contributed by atoms with Crippen LogP contribution in [0.1, 0.15) is 24.8 Å². The smallest absolute Gasteiger partial charge is 0.232 e. The average Bonchev–Trinajstić information content (AvgIpc) is 2.43. The van der Waals surface area contributed by atoms with Crippen molar-refractivity contribution in [2.24, 2.45) is 0 Å². The Labute approximate surface area is 125 Å². The molecule has 2 nitrogen and oxygen atoms in total. The van der Waals surface area contributed by atoms with Crippen molar-refractivity contribution in [2.75, 3.05) is 18.8 Å². The minimum atomic E-state index is -0.252. The topological polar surface area (TPSA) is 20.3 Å². The molecule has 104 valence electrons. The molecule has 0 aromatic heterocycles. The molecule has 1 aromatic rings. The maximum atomic E-state index is 13.1. The van der Waals surface area contributed by atoms with Gasteiger partial charge < -0.3 is 4.90 Å². The molecule has 0 unspecified atom stereocenters. The van der Waals surface area contributed by atoms with Crippen LogP contribution >= 0.6 is 27.7 Å². The number of likely N-dealkylation sites (tertiary alicyclic amines) is 1. The fourth-order valence-corrected chi connectivity index (χ4v) is 3.42. The summed E-state index contributed by atoms with van der Waals surface area (Å²) in [6.07, 6.45) is 3.49. The number of benzene rings is 1. The van der Waals surface area contributed by atoms with Crippen LogP contribution in [-0.4, -0.2) is 29.6 Å². The zero-order valence-corrected chi connectivity index (χ0v) is 13.1. The number of carbonyl (C=O) groups is 1. The quantitative estimate of drug-likeness (QED) is 0.826. The summed E-state index contributed by atoms with van der Waals surface area (Å²) in [5, 5.41) is 0. The normalized spacial score (nSPS) is 15.6. The van der Waals surface area contributed by atoms with Crippen molar-refractivity contribution in [3.8, 4) is 0 Å². The Morgan fingerprint density at radius 2 is 2.05 bits per heavy atom. The Morgan fingerprint density at radius 1 is 1.32 bits per heavy atom. The summed E-state index contributed by atoms with van der Waals surface area (Å²) in [6, 6.07) is 4.98. The van der Waals surface area contributed by atoms with Crippen LogP contribution in [-0.2, 0) is 10.5 Å². The molecule has 1 saturated heterocycles. The molecular formula is C14H17BrFNOS. The van der Waals surface area contributed by atoms with Crippen LogP contribution in [0, 0.1) is 5.82 Å². The summed E-state index contributed by atoms with van der Waals surface area (Å²) in [5.41, 5.74) is 1.03. The van der Waals surface area contributed by atoms with Crippen molar-refractivity contribution in [2.45, 2.75) is 25.0 Å². The molecule has 0 atom stereocenters. The molecule has 5 heteroatoms. The Balaban J connectivity index is 1.76. The van der Waals surface area contributed by atoms with Crippen LogP contribution in [0.3, 0.4) is 0 Å². The molecule has 0 aliphatic carbocycles. The van der Waals surface area contributed by atoms with E-state index in [1.807, 2.05) is 4.90 Å². The van der Waals surface area contributed by atoms with Crippen LogP contribution in [0.15, 0.2) is 22.7 Å². The maximum absolute atomic E-state index is 13.1. The van der Waals surface area contributed by atoms with Crippen LogP contribution < -0.4 is 0 Å². The predicted octanol–water partition coefficient (Wildman–Crippen LogP) is 3.83. The zero-order chi connectivity index (χ0) is 13.7. The molecule has 2 rings (SSSR count). The summed E-state index contributed by atoms with van der Waals surface area (Å²) in [4.78, 5) is 13.9. The largest absolute Gasteiger partial charge is 0.342 e. The van der Waals surface area contributed by atoms with Gasteiger partial charge >= 0.3 is 0 Å². The highest BCUT2D eigenvalue weighted by Gasteiger charge is 2.15. The van der Waals surface area contributed by atoms with E-state index in [1.54, 1.807) is 23.9 Å². The van der Waals surface area contributed by atoms with Gasteiger partial charge in [0.15, 0.2) is 0 Å². The van der Waals surface area contributed by atoms with Crippen molar-refractivity contribution in [3.05, 3.63) is 34.1 Å². The molecule has 1 aliphatic heterocycles. The summed E-state index contributed by atoms with van der Waals surface area (Å²) in [6.45, 7) is 1.81. The lowest BCUT2D eigenvalue weighted by atomic mass is 10.1. The van der Waals surface area contributed by atoms with E-state index in [-0.39, 0.29) is 11.7 Å². The number of hydrogen-bond acceptors (Lipinski definition) is 2. The third-order valence-electron chi connectivity index (χ3n) is 3.19. The lowest BCUT2D eigenvalue weighted by Crippen LogP contribution is -2.36. The Hall–Kier alpha value is -0.550. The van der Waals surface area contributed by atoms with Crippen molar-refractivity contribution in [1.29, 1.82) is 0 Å². The first-order chi connectivity index (χ1) is 9.16. The van der Waals surface area contributed by atoms with E-state index in [0.29, 0.717) is 10.2 Å². The molecule has 0 saturated carbocycles. The van der Waals surface area contributed by atoms with Gasteiger partial charge in [-0.15, -0.1) is 11.8 Å².